The monoisotopic (exact) mass is 398 g/mol. The van der Waals surface area contributed by atoms with E-state index in [0.717, 1.165) is 28.6 Å². The molecule has 0 saturated carbocycles. The van der Waals surface area contributed by atoms with Crippen molar-refractivity contribution in [3.8, 4) is 17.2 Å². The second-order valence-corrected chi connectivity index (χ2v) is 6.41. The summed E-state index contributed by atoms with van der Waals surface area (Å²) in [6.45, 7) is 2.60. The third-order valence-corrected chi connectivity index (χ3v) is 4.18. The summed E-state index contributed by atoms with van der Waals surface area (Å²) in [5, 5.41) is 6.48. The lowest BCUT2D eigenvalue weighted by Crippen LogP contribution is -2.00. The first-order chi connectivity index (χ1) is 14.8. The lowest BCUT2D eigenvalue weighted by Gasteiger charge is -2.10. The highest BCUT2D eigenvalue weighted by molar-refractivity contribution is 5.60. The minimum atomic E-state index is 0.508. The maximum Gasteiger partial charge on any atom is 0.229 e. The standard InChI is InChI=1S/C24H22N4O2/c1-2-29-20-12-8-19(9-13-20)27-24-25-17-16-23(28-24)26-18-10-14-22(15-11-18)30-21-6-4-3-5-7-21/h3-17H,2H2,1H3,(H2,25,26,27,28). The van der Waals surface area contributed by atoms with Gasteiger partial charge in [0.25, 0.3) is 0 Å². The van der Waals surface area contributed by atoms with Crippen LogP contribution in [0.5, 0.6) is 17.2 Å². The summed E-state index contributed by atoms with van der Waals surface area (Å²) in [5.74, 6) is 3.61. The van der Waals surface area contributed by atoms with Crippen LogP contribution in [0.3, 0.4) is 0 Å². The van der Waals surface area contributed by atoms with Crippen molar-refractivity contribution in [2.24, 2.45) is 0 Å². The third-order valence-electron chi connectivity index (χ3n) is 4.18. The second-order valence-electron chi connectivity index (χ2n) is 6.41. The van der Waals surface area contributed by atoms with Crippen LogP contribution < -0.4 is 20.1 Å². The number of para-hydroxylation sites is 1. The van der Waals surface area contributed by atoms with Gasteiger partial charge in [-0.05, 0) is 73.7 Å². The molecule has 0 bridgehead atoms. The number of aromatic nitrogens is 2. The first-order valence-electron chi connectivity index (χ1n) is 9.71. The van der Waals surface area contributed by atoms with E-state index in [4.69, 9.17) is 9.47 Å². The van der Waals surface area contributed by atoms with Crippen molar-refractivity contribution in [2.75, 3.05) is 17.2 Å². The fourth-order valence-electron chi connectivity index (χ4n) is 2.80. The molecule has 0 aliphatic rings. The number of hydrogen-bond acceptors (Lipinski definition) is 6. The van der Waals surface area contributed by atoms with Crippen molar-refractivity contribution < 1.29 is 9.47 Å². The van der Waals surface area contributed by atoms with E-state index in [-0.39, 0.29) is 0 Å². The molecule has 0 aliphatic carbocycles. The molecule has 0 aliphatic heterocycles. The summed E-state index contributed by atoms with van der Waals surface area (Å²) in [6.07, 6.45) is 1.71. The molecule has 3 aromatic carbocycles. The number of ether oxygens (including phenoxy) is 2. The molecule has 6 nitrogen and oxygen atoms in total. The smallest absolute Gasteiger partial charge is 0.229 e. The Bertz CT molecular complexity index is 1070. The van der Waals surface area contributed by atoms with Crippen molar-refractivity contribution in [3.63, 3.8) is 0 Å². The first kappa shape index (κ1) is 19.3. The highest BCUT2D eigenvalue weighted by Crippen LogP contribution is 2.24. The SMILES string of the molecule is CCOc1ccc(Nc2nccc(Nc3ccc(Oc4ccccc4)cc3)n2)cc1. The van der Waals surface area contributed by atoms with E-state index in [1.807, 2.05) is 91.9 Å². The van der Waals surface area contributed by atoms with Gasteiger partial charge in [-0.3, -0.25) is 0 Å². The maximum atomic E-state index is 5.82. The number of benzene rings is 3. The Kier molecular flexibility index (Phi) is 6.05. The van der Waals surface area contributed by atoms with E-state index >= 15 is 0 Å². The predicted molar refractivity (Wildman–Crippen MR) is 119 cm³/mol. The average molecular weight is 398 g/mol. The Hall–Kier alpha value is -4.06. The number of rotatable bonds is 8. The van der Waals surface area contributed by atoms with Crippen molar-refractivity contribution in [3.05, 3.63) is 91.1 Å². The summed E-state index contributed by atoms with van der Waals surface area (Å²) in [7, 11) is 0. The summed E-state index contributed by atoms with van der Waals surface area (Å²) in [4.78, 5) is 8.80. The predicted octanol–water partition coefficient (Wildman–Crippen LogP) is 6.15. The molecule has 0 spiro atoms. The summed E-state index contributed by atoms with van der Waals surface area (Å²) in [5.41, 5.74) is 1.79. The summed E-state index contributed by atoms with van der Waals surface area (Å²) >= 11 is 0. The highest BCUT2D eigenvalue weighted by Gasteiger charge is 2.03. The number of nitrogens with zero attached hydrogens (tertiary/aromatic N) is 2. The van der Waals surface area contributed by atoms with E-state index in [2.05, 4.69) is 20.6 Å². The Balaban J connectivity index is 1.39. The molecule has 0 saturated heterocycles. The fraction of sp³-hybridized carbons (Fsp3) is 0.0833. The number of hydrogen-bond donors (Lipinski definition) is 2. The fourth-order valence-corrected chi connectivity index (χ4v) is 2.80. The molecule has 1 aromatic heterocycles. The zero-order valence-corrected chi connectivity index (χ0v) is 16.6. The zero-order valence-electron chi connectivity index (χ0n) is 16.6. The first-order valence-corrected chi connectivity index (χ1v) is 9.71. The molecule has 0 atom stereocenters. The van der Waals surface area contributed by atoms with Crippen LogP contribution in [0.2, 0.25) is 0 Å². The van der Waals surface area contributed by atoms with Gasteiger partial charge < -0.3 is 20.1 Å². The lowest BCUT2D eigenvalue weighted by atomic mass is 10.3. The van der Waals surface area contributed by atoms with E-state index in [1.165, 1.54) is 0 Å². The van der Waals surface area contributed by atoms with Gasteiger partial charge in [-0.25, -0.2) is 4.98 Å². The van der Waals surface area contributed by atoms with Crippen LogP contribution in [-0.4, -0.2) is 16.6 Å². The Morgan fingerprint density at radius 2 is 1.33 bits per heavy atom. The zero-order chi connectivity index (χ0) is 20.6. The highest BCUT2D eigenvalue weighted by atomic mass is 16.5. The van der Waals surface area contributed by atoms with Gasteiger partial charge >= 0.3 is 0 Å². The second kappa shape index (κ2) is 9.43. The number of anilines is 4. The molecule has 6 heteroatoms. The van der Waals surface area contributed by atoms with Gasteiger partial charge in [0.2, 0.25) is 5.95 Å². The molecule has 0 amide bonds. The minimum Gasteiger partial charge on any atom is -0.494 e. The molecule has 150 valence electrons. The molecule has 0 fully saturated rings. The summed E-state index contributed by atoms with van der Waals surface area (Å²) < 4.78 is 11.3. The van der Waals surface area contributed by atoms with Crippen LogP contribution in [0.4, 0.5) is 23.1 Å². The Morgan fingerprint density at radius 1 is 0.700 bits per heavy atom. The normalized spacial score (nSPS) is 10.3. The van der Waals surface area contributed by atoms with Crippen LogP contribution in [0.25, 0.3) is 0 Å². The van der Waals surface area contributed by atoms with Gasteiger partial charge in [-0.15, -0.1) is 0 Å². The lowest BCUT2D eigenvalue weighted by molar-refractivity contribution is 0.340. The topological polar surface area (TPSA) is 68.3 Å². The average Bonchev–Trinajstić information content (AvgIpc) is 2.78. The van der Waals surface area contributed by atoms with Gasteiger partial charge in [0, 0.05) is 17.6 Å². The van der Waals surface area contributed by atoms with Crippen LogP contribution in [-0.2, 0) is 0 Å². The molecule has 1 heterocycles. The quantitative estimate of drug-likeness (QED) is 0.371. The van der Waals surface area contributed by atoms with Crippen molar-refractivity contribution in [1.82, 2.24) is 9.97 Å². The van der Waals surface area contributed by atoms with E-state index in [0.29, 0.717) is 18.4 Å². The molecular weight excluding hydrogens is 376 g/mol. The largest absolute Gasteiger partial charge is 0.494 e. The van der Waals surface area contributed by atoms with Gasteiger partial charge in [0.15, 0.2) is 0 Å². The van der Waals surface area contributed by atoms with Gasteiger partial charge in [0.05, 0.1) is 6.61 Å². The summed E-state index contributed by atoms with van der Waals surface area (Å²) in [6, 6.07) is 26.9. The van der Waals surface area contributed by atoms with E-state index in [9.17, 15) is 0 Å². The minimum absolute atomic E-state index is 0.508. The van der Waals surface area contributed by atoms with E-state index < -0.39 is 0 Å². The van der Waals surface area contributed by atoms with Crippen molar-refractivity contribution in [1.29, 1.82) is 0 Å². The molecule has 2 N–H and O–H groups in total. The molecule has 30 heavy (non-hydrogen) atoms. The van der Waals surface area contributed by atoms with Gasteiger partial charge in [-0.1, -0.05) is 18.2 Å². The van der Waals surface area contributed by atoms with Crippen LogP contribution >= 0.6 is 0 Å². The van der Waals surface area contributed by atoms with Gasteiger partial charge in [-0.2, -0.15) is 4.98 Å². The van der Waals surface area contributed by atoms with Crippen LogP contribution in [0, 0.1) is 0 Å². The number of nitrogens with one attached hydrogen (secondary N) is 2. The van der Waals surface area contributed by atoms with Crippen molar-refractivity contribution in [2.45, 2.75) is 6.92 Å². The molecule has 4 aromatic rings. The van der Waals surface area contributed by atoms with E-state index in [1.54, 1.807) is 6.20 Å². The van der Waals surface area contributed by atoms with Crippen molar-refractivity contribution >= 4 is 23.1 Å². The van der Waals surface area contributed by atoms with Crippen LogP contribution in [0.1, 0.15) is 6.92 Å². The Morgan fingerprint density at radius 3 is 2.03 bits per heavy atom. The molecule has 4 rings (SSSR count). The Labute approximate surface area is 175 Å². The third kappa shape index (κ3) is 5.26. The van der Waals surface area contributed by atoms with Gasteiger partial charge in [0.1, 0.15) is 23.1 Å². The molecule has 0 unspecified atom stereocenters. The van der Waals surface area contributed by atoms with Crippen LogP contribution in [0.15, 0.2) is 91.1 Å². The molecular formula is C24H22N4O2. The molecule has 0 radical (unpaired) electrons. The maximum absolute atomic E-state index is 5.82.